The summed E-state index contributed by atoms with van der Waals surface area (Å²) in [6.07, 6.45) is 2.37. The van der Waals surface area contributed by atoms with Gasteiger partial charge in [0, 0.05) is 25.3 Å². The highest BCUT2D eigenvalue weighted by molar-refractivity contribution is 6.03. The van der Waals surface area contributed by atoms with Crippen molar-refractivity contribution < 1.29 is 4.79 Å². The summed E-state index contributed by atoms with van der Waals surface area (Å²) in [7, 11) is 4.02. The quantitative estimate of drug-likeness (QED) is 0.907. The van der Waals surface area contributed by atoms with Crippen molar-refractivity contribution in [3.63, 3.8) is 0 Å². The summed E-state index contributed by atoms with van der Waals surface area (Å²) in [5, 5.41) is 11.3. The number of aryl methyl sites for hydroxylation is 1. The van der Waals surface area contributed by atoms with Gasteiger partial charge < -0.3 is 15.1 Å². The molecule has 0 unspecified atom stereocenters. The van der Waals surface area contributed by atoms with Crippen LogP contribution in [0.2, 0.25) is 0 Å². The maximum Gasteiger partial charge on any atom is 0.276 e. The average molecular weight is 339 g/mol. The molecule has 1 amide bonds. The number of nitrogens with zero attached hydrogens (tertiary/aromatic N) is 4. The lowest BCUT2D eigenvalue weighted by atomic mass is 10.1. The summed E-state index contributed by atoms with van der Waals surface area (Å²) in [6.45, 7) is 4.83. The van der Waals surface area contributed by atoms with Crippen molar-refractivity contribution in [3.8, 4) is 0 Å². The van der Waals surface area contributed by atoms with Gasteiger partial charge in [0.2, 0.25) is 0 Å². The Balaban J connectivity index is 1.73. The number of hydrogen-bond acceptors (Lipinski definition) is 5. The third kappa shape index (κ3) is 4.33. The zero-order valence-corrected chi connectivity index (χ0v) is 15.1. The fourth-order valence-electron chi connectivity index (χ4n) is 3.06. The molecule has 0 spiro atoms. The third-order valence-corrected chi connectivity index (χ3v) is 4.31. The van der Waals surface area contributed by atoms with Crippen LogP contribution in [0.5, 0.6) is 0 Å². The van der Waals surface area contributed by atoms with Crippen LogP contribution in [0.3, 0.4) is 0 Å². The number of aromatic nitrogens is 2. The summed E-state index contributed by atoms with van der Waals surface area (Å²) >= 11 is 0. The van der Waals surface area contributed by atoms with E-state index in [1.807, 2.05) is 39.2 Å². The van der Waals surface area contributed by atoms with Crippen LogP contribution < -0.4 is 10.2 Å². The van der Waals surface area contributed by atoms with Gasteiger partial charge in [-0.1, -0.05) is 17.7 Å². The zero-order valence-electron chi connectivity index (χ0n) is 15.1. The lowest BCUT2D eigenvalue weighted by molar-refractivity contribution is 0.102. The van der Waals surface area contributed by atoms with Crippen molar-refractivity contribution in [3.05, 3.63) is 47.2 Å². The van der Waals surface area contributed by atoms with Crippen LogP contribution in [-0.2, 0) is 6.54 Å². The predicted octanol–water partition coefficient (Wildman–Crippen LogP) is 2.70. The average Bonchev–Trinajstić information content (AvgIpc) is 3.11. The van der Waals surface area contributed by atoms with Gasteiger partial charge in [-0.15, -0.1) is 10.2 Å². The maximum absolute atomic E-state index is 12.5. The summed E-state index contributed by atoms with van der Waals surface area (Å²) in [4.78, 5) is 16.8. The SMILES string of the molecule is Cc1ccc(NC(=O)c2ccc(N3CCCC3)nn2)c(CN(C)C)c1. The van der Waals surface area contributed by atoms with E-state index < -0.39 is 0 Å². The molecule has 2 heterocycles. The lowest BCUT2D eigenvalue weighted by Crippen LogP contribution is -2.21. The lowest BCUT2D eigenvalue weighted by Gasteiger charge is -2.16. The Kier molecular flexibility index (Phi) is 5.28. The second-order valence-corrected chi connectivity index (χ2v) is 6.82. The van der Waals surface area contributed by atoms with Crippen LogP contribution in [0.15, 0.2) is 30.3 Å². The van der Waals surface area contributed by atoms with Crippen molar-refractivity contribution >= 4 is 17.4 Å². The topological polar surface area (TPSA) is 61.4 Å². The Labute approximate surface area is 148 Å². The minimum Gasteiger partial charge on any atom is -0.355 e. The van der Waals surface area contributed by atoms with Crippen LogP contribution >= 0.6 is 0 Å². The van der Waals surface area contributed by atoms with Gasteiger partial charge in [-0.05, 0) is 57.6 Å². The number of carbonyl (C=O) groups excluding carboxylic acids is 1. The molecule has 6 nitrogen and oxygen atoms in total. The molecule has 2 aromatic rings. The van der Waals surface area contributed by atoms with Crippen molar-refractivity contribution in [1.82, 2.24) is 15.1 Å². The molecular weight excluding hydrogens is 314 g/mol. The highest BCUT2D eigenvalue weighted by Gasteiger charge is 2.16. The summed E-state index contributed by atoms with van der Waals surface area (Å²) in [5.74, 6) is 0.613. The maximum atomic E-state index is 12.5. The van der Waals surface area contributed by atoms with Gasteiger partial charge in [-0.2, -0.15) is 0 Å². The highest BCUT2D eigenvalue weighted by Crippen LogP contribution is 2.20. The number of anilines is 2. The van der Waals surface area contributed by atoms with Crippen LogP contribution in [0, 0.1) is 6.92 Å². The summed E-state index contributed by atoms with van der Waals surface area (Å²) in [5.41, 5.74) is 3.40. The first-order valence-corrected chi connectivity index (χ1v) is 8.67. The van der Waals surface area contributed by atoms with Gasteiger partial charge >= 0.3 is 0 Å². The van der Waals surface area contributed by atoms with E-state index in [9.17, 15) is 4.79 Å². The number of amides is 1. The highest BCUT2D eigenvalue weighted by atomic mass is 16.1. The van der Waals surface area contributed by atoms with Crippen molar-refractivity contribution in [2.24, 2.45) is 0 Å². The number of hydrogen-bond donors (Lipinski definition) is 1. The molecule has 25 heavy (non-hydrogen) atoms. The first kappa shape index (κ1) is 17.4. The Morgan fingerprint density at radius 3 is 2.56 bits per heavy atom. The van der Waals surface area contributed by atoms with E-state index in [0.29, 0.717) is 5.69 Å². The number of benzene rings is 1. The van der Waals surface area contributed by atoms with E-state index in [1.54, 1.807) is 6.07 Å². The van der Waals surface area contributed by atoms with Crippen molar-refractivity contribution in [2.45, 2.75) is 26.3 Å². The molecule has 1 aliphatic heterocycles. The van der Waals surface area contributed by atoms with Gasteiger partial charge in [0.05, 0.1) is 0 Å². The molecule has 6 heteroatoms. The molecule has 132 valence electrons. The van der Waals surface area contributed by atoms with Crippen molar-refractivity contribution in [1.29, 1.82) is 0 Å². The van der Waals surface area contributed by atoms with Gasteiger partial charge in [-0.3, -0.25) is 4.79 Å². The summed E-state index contributed by atoms with van der Waals surface area (Å²) in [6, 6.07) is 9.66. The second kappa shape index (κ2) is 7.61. The molecule has 3 rings (SSSR count). The second-order valence-electron chi connectivity index (χ2n) is 6.82. The molecule has 1 saturated heterocycles. The Bertz CT molecular complexity index is 736. The fourth-order valence-corrected chi connectivity index (χ4v) is 3.06. The van der Waals surface area contributed by atoms with Gasteiger partial charge in [0.1, 0.15) is 0 Å². The molecule has 0 bridgehead atoms. The molecule has 0 atom stereocenters. The minimum atomic E-state index is -0.232. The Morgan fingerprint density at radius 2 is 1.92 bits per heavy atom. The molecule has 0 aliphatic carbocycles. The molecule has 1 aromatic heterocycles. The Hall–Kier alpha value is -2.47. The largest absolute Gasteiger partial charge is 0.355 e. The molecular formula is C19H25N5O. The van der Waals surface area contributed by atoms with E-state index in [2.05, 4.69) is 31.4 Å². The van der Waals surface area contributed by atoms with E-state index in [1.165, 1.54) is 18.4 Å². The van der Waals surface area contributed by atoms with Gasteiger partial charge in [0.25, 0.3) is 5.91 Å². The first-order valence-electron chi connectivity index (χ1n) is 8.67. The Morgan fingerprint density at radius 1 is 1.16 bits per heavy atom. The molecule has 1 fully saturated rings. The van der Waals surface area contributed by atoms with Crippen molar-refractivity contribution in [2.75, 3.05) is 37.4 Å². The van der Waals surface area contributed by atoms with E-state index in [4.69, 9.17) is 0 Å². The molecule has 1 aromatic carbocycles. The van der Waals surface area contributed by atoms with Crippen LogP contribution in [0.25, 0.3) is 0 Å². The molecule has 1 aliphatic rings. The third-order valence-electron chi connectivity index (χ3n) is 4.31. The summed E-state index contributed by atoms with van der Waals surface area (Å²) < 4.78 is 0. The number of carbonyl (C=O) groups is 1. The number of rotatable bonds is 5. The molecule has 0 radical (unpaired) electrons. The van der Waals surface area contributed by atoms with Crippen LogP contribution in [0.1, 0.15) is 34.5 Å². The first-order chi connectivity index (χ1) is 12.0. The predicted molar refractivity (Wildman–Crippen MR) is 100 cm³/mol. The fraction of sp³-hybridized carbons (Fsp3) is 0.421. The monoisotopic (exact) mass is 339 g/mol. The number of nitrogens with one attached hydrogen (secondary N) is 1. The van der Waals surface area contributed by atoms with E-state index in [0.717, 1.165) is 36.7 Å². The van der Waals surface area contributed by atoms with E-state index >= 15 is 0 Å². The smallest absolute Gasteiger partial charge is 0.276 e. The normalized spacial score (nSPS) is 14.2. The zero-order chi connectivity index (χ0) is 17.8. The van der Waals surface area contributed by atoms with Crippen LogP contribution in [-0.4, -0.2) is 48.2 Å². The molecule has 0 saturated carbocycles. The van der Waals surface area contributed by atoms with Crippen LogP contribution in [0.4, 0.5) is 11.5 Å². The van der Waals surface area contributed by atoms with Gasteiger partial charge in [-0.25, -0.2) is 0 Å². The standard InChI is InChI=1S/C19H25N5O/c1-14-6-7-16(15(12-14)13-23(2)3)20-19(25)17-8-9-18(22-21-17)24-10-4-5-11-24/h6-9,12H,4-5,10-11,13H2,1-3H3,(H,20,25). The molecule has 1 N–H and O–H groups in total. The van der Waals surface area contributed by atoms with E-state index in [-0.39, 0.29) is 5.91 Å². The minimum absolute atomic E-state index is 0.232. The van der Waals surface area contributed by atoms with Gasteiger partial charge in [0.15, 0.2) is 11.5 Å².